The maximum atomic E-state index is 13.2. The third-order valence-electron chi connectivity index (χ3n) is 6.74. The monoisotopic (exact) mass is 429 g/mol. The minimum absolute atomic E-state index is 0.0935. The van der Waals surface area contributed by atoms with Crippen LogP contribution in [-0.4, -0.2) is 60.5 Å². The van der Waals surface area contributed by atoms with Crippen molar-refractivity contribution < 1.29 is 32.9 Å². The lowest BCUT2D eigenvalue weighted by Gasteiger charge is -2.35. The Balaban J connectivity index is 1.46. The van der Waals surface area contributed by atoms with E-state index in [2.05, 4.69) is 19.7 Å². The van der Waals surface area contributed by atoms with Crippen molar-refractivity contribution in [3.8, 4) is 0 Å². The molecule has 1 saturated heterocycles. The summed E-state index contributed by atoms with van der Waals surface area (Å²) in [5.41, 5.74) is 6.28. The number of aliphatic hydroxyl groups is 2. The Morgan fingerprint density at radius 1 is 1.17 bits per heavy atom. The highest BCUT2D eigenvalue weighted by atomic mass is 19.4. The molecule has 3 fully saturated rings. The van der Waals surface area contributed by atoms with Gasteiger partial charge in [-0.25, -0.2) is 15.0 Å². The van der Waals surface area contributed by atoms with E-state index in [9.17, 15) is 23.4 Å². The summed E-state index contributed by atoms with van der Waals surface area (Å²) in [6.07, 6.45) is -6.12. The summed E-state index contributed by atoms with van der Waals surface area (Å²) in [4.78, 5) is 12.0. The number of halogens is 3. The Kier molecular flexibility index (Phi) is 4.65. The quantitative estimate of drug-likeness (QED) is 0.665. The lowest BCUT2D eigenvalue weighted by atomic mass is 9.81. The summed E-state index contributed by atoms with van der Waals surface area (Å²) in [5, 5.41) is 21.3. The largest absolute Gasteiger partial charge is 0.522 e. The number of fused-ring (bicyclic) bond motifs is 3. The lowest BCUT2D eigenvalue weighted by molar-refractivity contribution is -0.362. The van der Waals surface area contributed by atoms with Gasteiger partial charge in [0.2, 0.25) is 0 Å². The summed E-state index contributed by atoms with van der Waals surface area (Å²) < 4.78 is 51.3. The minimum atomic E-state index is -4.89. The number of nitrogens with two attached hydrogens (primary N) is 1. The predicted octanol–water partition coefficient (Wildman–Crippen LogP) is 1.37. The Bertz CT molecular complexity index is 940. The molecule has 30 heavy (non-hydrogen) atoms. The molecule has 9 nitrogen and oxygen atoms in total. The van der Waals surface area contributed by atoms with Crippen LogP contribution in [0.2, 0.25) is 0 Å². The number of hydrogen-bond acceptors (Lipinski definition) is 8. The van der Waals surface area contributed by atoms with Crippen LogP contribution in [0.4, 0.5) is 19.0 Å². The summed E-state index contributed by atoms with van der Waals surface area (Å²) >= 11 is 0. The summed E-state index contributed by atoms with van der Waals surface area (Å²) in [6.45, 7) is 0. The first-order chi connectivity index (χ1) is 14.2. The molecule has 5 rings (SSSR count). The van der Waals surface area contributed by atoms with Crippen molar-refractivity contribution in [3.05, 3.63) is 12.7 Å². The number of ether oxygens (including phenoxy) is 2. The fourth-order valence-electron chi connectivity index (χ4n) is 5.49. The summed E-state index contributed by atoms with van der Waals surface area (Å²) in [6, 6.07) is 0. The van der Waals surface area contributed by atoms with E-state index in [-0.39, 0.29) is 22.9 Å². The van der Waals surface area contributed by atoms with Crippen LogP contribution in [0, 0.1) is 17.8 Å². The van der Waals surface area contributed by atoms with Gasteiger partial charge < -0.3 is 20.7 Å². The van der Waals surface area contributed by atoms with Gasteiger partial charge in [-0.1, -0.05) is 6.42 Å². The van der Waals surface area contributed by atoms with Gasteiger partial charge in [0.05, 0.1) is 12.4 Å². The van der Waals surface area contributed by atoms with Crippen molar-refractivity contribution in [2.24, 2.45) is 17.8 Å². The Hall–Kier alpha value is -2.02. The SMILES string of the molecule is Nc1ncnc2c1ncn2[C@@H]1O[C@H](C(OC(F)(F)F)C2CC3CCC2C3)[C@@H](O)[C@H]1O. The molecule has 0 amide bonds. The molecule has 2 aromatic rings. The number of aliphatic hydroxyl groups excluding tert-OH is 2. The molecule has 8 atom stereocenters. The smallest absolute Gasteiger partial charge is 0.387 e. The highest BCUT2D eigenvalue weighted by molar-refractivity contribution is 5.81. The van der Waals surface area contributed by atoms with Crippen molar-refractivity contribution in [1.29, 1.82) is 0 Å². The molecule has 2 aliphatic carbocycles. The number of rotatable bonds is 4. The van der Waals surface area contributed by atoms with E-state index in [0.717, 1.165) is 19.3 Å². The van der Waals surface area contributed by atoms with E-state index < -0.39 is 42.9 Å². The molecule has 0 radical (unpaired) electrons. The number of aromatic nitrogens is 4. The highest BCUT2D eigenvalue weighted by Gasteiger charge is 2.56. The summed E-state index contributed by atoms with van der Waals surface area (Å²) in [5.74, 6) is 0.184. The Morgan fingerprint density at radius 2 is 1.97 bits per heavy atom. The maximum Gasteiger partial charge on any atom is 0.522 e. The van der Waals surface area contributed by atoms with Crippen molar-refractivity contribution in [2.45, 2.75) is 62.7 Å². The molecule has 2 aromatic heterocycles. The van der Waals surface area contributed by atoms with Gasteiger partial charge in [0.25, 0.3) is 0 Å². The van der Waals surface area contributed by atoms with Gasteiger partial charge in [0, 0.05) is 0 Å². The number of alkyl halides is 3. The molecular weight excluding hydrogens is 407 g/mol. The van der Waals surface area contributed by atoms with Gasteiger partial charge in [0.1, 0.15) is 30.2 Å². The van der Waals surface area contributed by atoms with Crippen molar-refractivity contribution in [2.75, 3.05) is 5.73 Å². The van der Waals surface area contributed by atoms with E-state index in [1.54, 1.807) is 0 Å². The van der Waals surface area contributed by atoms with Gasteiger partial charge in [-0.3, -0.25) is 9.30 Å². The normalized spacial score (nSPS) is 37.3. The first kappa shape index (κ1) is 19.9. The van der Waals surface area contributed by atoms with Crippen LogP contribution >= 0.6 is 0 Å². The molecule has 0 spiro atoms. The Morgan fingerprint density at radius 3 is 2.63 bits per heavy atom. The standard InChI is InChI=1S/C18H22F3N5O4/c19-18(20,21)30-13(9-4-7-1-2-8(9)3-7)14-11(27)12(28)17(29-14)26-6-25-10-15(22)23-5-24-16(10)26/h5-9,11-14,17,27-28H,1-4H2,(H2,22,23,24)/t7?,8?,9?,11-,12+,13?,14-,17+/m0/s1. The molecule has 4 N–H and O–H groups in total. The molecule has 1 aliphatic heterocycles. The first-order valence-corrected chi connectivity index (χ1v) is 9.92. The third kappa shape index (κ3) is 3.22. The number of anilines is 1. The van der Waals surface area contributed by atoms with E-state index >= 15 is 0 Å². The average Bonchev–Trinajstić information content (AvgIpc) is 3.45. The number of imidazole rings is 1. The minimum Gasteiger partial charge on any atom is -0.387 e. The van der Waals surface area contributed by atoms with Crippen LogP contribution in [-0.2, 0) is 9.47 Å². The van der Waals surface area contributed by atoms with Crippen molar-refractivity contribution >= 4 is 17.0 Å². The highest BCUT2D eigenvalue weighted by Crippen LogP contribution is 2.52. The second-order valence-corrected chi connectivity index (χ2v) is 8.42. The topological polar surface area (TPSA) is 129 Å². The first-order valence-electron chi connectivity index (χ1n) is 9.92. The van der Waals surface area contributed by atoms with Crippen LogP contribution in [0.1, 0.15) is 31.9 Å². The van der Waals surface area contributed by atoms with Gasteiger partial charge >= 0.3 is 6.36 Å². The van der Waals surface area contributed by atoms with E-state index in [1.165, 1.54) is 17.2 Å². The van der Waals surface area contributed by atoms with Gasteiger partial charge in [-0.15, -0.1) is 13.2 Å². The second-order valence-electron chi connectivity index (χ2n) is 8.42. The molecule has 2 bridgehead atoms. The molecular formula is C18H22F3N5O4. The fraction of sp³-hybridized carbons (Fsp3) is 0.722. The van der Waals surface area contributed by atoms with Crippen LogP contribution in [0.3, 0.4) is 0 Å². The average molecular weight is 429 g/mol. The molecule has 3 aliphatic rings. The predicted molar refractivity (Wildman–Crippen MR) is 95.5 cm³/mol. The molecule has 12 heteroatoms. The van der Waals surface area contributed by atoms with Crippen molar-refractivity contribution in [1.82, 2.24) is 19.5 Å². The third-order valence-corrected chi connectivity index (χ3v) is 6.74. The van der Waals surface area contributed by atoms with Crippen LogP contribution in [0.25, 0.3) is 11.2 Å². The second kappa shape index (κ2) is 7.01. The van der Waals surface area contributed by atoms with E-state index in [0.29, 0.717) is 12.3 Å². The van der Waals surface area contributed by atoms with Crippen molar-refractivity contribution in [3.63, 3.8) is 0 Å². The zero-order valence-electron chi connectivity index (χ0n) is 15.8. The molecule has 164 valence electrons. The Labute approximate surface area is 169 Å². The molecule has 4 unspecified atom stereocenters. The molecule has 2 saturated carbocycles. The lowest BCUT2D eigenvalue weighted by Crippen LogP contribution is -2.47. The van der Waals surface area contributed by atoms with Crippen LogP contribution in [0.15, 0.2) is 12.7 Å². The summed E-state index contributed by atoms with van der Waals surface area (Å²) in [7, 11) is 0. The fourth-order valence-corrected chi connectivity index (χ4v) is 5.49. The van der Waals surface area contributed by atoms with E-state index in [1.807, 2.05) is 0 Å². The van der Waals surface area contributed by atoms with E-state index in [4.69, 9.17) is 10.5 Å². The van der Waals surface area contributed by atoms with Crippen LogP contribution < -0.4 is 5.73 Å². The number of nitrogens with zero attached hydrogens (tertiary/aromatic N) is 4. The van der Waals surface area contributed by atoms with Gasteiger partial charge in [-0.2, -0.15) is 0 Å². The zero-order chi connectivity index (χ0) is 21.2. The van der Waals surface area contributed by atoms with Crippen LogP contribution in [0.5, 0.6) is 0 Å². The molecule has 3 heterocycles. The zero-order valence-corrected chi connectivity index (χ0v) is 15.8. The number of hydrogen-bond donors (Lipinski definition) is 3. The number of nitrogen functional groups attached to an aromatic ring is 1. The van der Waals surface area contributed by atoms with Gasteiger partial charge in [0.15, 0.2) is 17.7 Å². The molecule has 0 aromatic carbocycles. The maximum absolute atomic E-state index is 13.2. The van der Waals surface area contributed by atoms with Gasteiger partial charge in [-0.05, 0) is 37.0 Å².